The number of nitrogens with zero attached hydrogens (tertiary/aromatic N) is 1. The van der Waals surface area contributed by atoms with Crippen LogP contribution in [-0.2, 0) is 11.2 Å². The summed E-state index contributed by atoms with van der Waals surface area (Å²) in [4.78, 5) is 13.9. The third-order valence-corrected chi connectivity index (χ3v) is 3.17. The molecule has 0 fully saturated rings. The van der Waals surface area contributed by atoms with Crippen LogP contribution in [0.15, 0.2) is 18.2 Å². The van der Waals surface area contributed by atoms with Crippen molar-refractivity contribution < 1.29 is 14.3 Å². The number of fused-ring (bicyclic) bond motifs is 1. The van der Waals surface area contributed by atoms with Gasteiger partial charge in [-0.25, -0.2) is 0 Å². The van der Waals surface area contributed by atoms with Gasteiger partial charge in [0.2, 0.25) is 0 Å². The zero-order valence-electron chi connectivity index (χ0n) is 11.4. The lowest BCUT2D eigenvalue weighted by Crippen LogP contribution is -2.41. The number of likely N-dealkylation sites (N-methyl/N-ethyl adjacent to an activating group) is 1. The van der Waals surface area contributed by atoms with Gasteiger partial charge >= 0.3 is 0 Å². The number of nitrogens with two attached hydrogens (primary N) is 1. The van der Waals surface area contributed by atoms with E-state index in [1.54, 1.807) is 25.1 Å². The number of ether oxygens (including phenoxy) is 2. The molecule has 2 rings (SSSR count). The van der Waals surface area contributed by atoms with Crippen molar-refractivity contribution in [1.29, 1.82) is 0 Å². The van der Waals surface area contributed by atoms with Gasteiger partial charge in [0.05, 0.1) is 13.2 Å². The lowest BCUT2D eigenvalue weighted by Gasteiger charge is -2.21. The minimum atomic E-state index is -0.170. The molecular formula is C14H20N2O3. The molecule has 1 aliphatic heterocycles. The number of methoxy groups -OCH3 is 1. The number of benzene rings is 1. The maximum atomic E-state index is 12.3. The molecule has 0 saturated heterocycles. The Hall–Kier alpha value is -1.59. The highest BCUT2D eigenvalue weighted by Gasteiger charge is 2.18. The molecule has 1 unspecified atom stereocenters. The van der Waals surface area contributed by atoms with Crippen LogP contribution in [-0.4, -0.2) is 50.8 Å². The molecular weight excluding hydrogens is 244 g/mol. The number of hydrogen-bond donors (Lipinski definition) is 1. The molecule has 104 valence electrons. The second-order valence-electron chi connectivity index (χ2n) is 4.82. The van der Waals surface area contributed by atoms with Crippen LogP contribution in [0.4, 0.5) is 0 Å². The summed E-state index contributed by atoms with van der Waals surface area (Å²) in [5, 5.41) is 0. The largest absolute Gasteiger partial charge is 0.493 e. The quantitative estimate of drug-likeness (QED) is 0.849. The van der Waals surface area contributed by atoms with Gasteiger partial charge in [-0.05, 0) is 23.8 Å². The number of carbonyl (C=O) groups excluding carboxylic acids is 1. The first-order valence-corrected chi connectivity index (χ1v) is 6.37. The lowest BCUT2D eigenvalue weighted by molar-refractivity contribution is 0.0764. The summed E-state index contributed by atoms with van der Waals surface area (Å²) < 4.78 is 10.4. The molecule has 1 aromatic rings. The van der Waals surface area contributed by atoms with E-state index in [4.69, 9.17) is 15.2 Å². The molecule has 0 aromatic heterocycles. The molecule has 0 spiro atoms. The summed E-state index contributed by atoms with van der Waals surface area (Å²) in [6, 6.07) is 5.39. The number of amides is 1. The van der Waals surface area contributed by atoms with Crippen molar-refractivity contribution in [1.82, 2.24) is 4.90 Å². The molecule has 1 aromatic carbocycles. The number of hydrogen-bond acceptors (Lipinski definition) is 4. The molecule has 0 aliphatic carbocycles. The van der Waals surface area contributed by atoms with E-state index in [0.29, 0.717) is 25.3 Å². The van der Waals surface area contributed by atoms with Gasteiger partial charge in [-0.1, -0.05) is 0 Å². The molecule has 1 heterocycles. The Morgan fingerprint density at radius 1 is 1.58 bits per heavy atom. The lowest BCUT2D eigenvalue weighted by atomic mass is 10.1. The van der Waals surface area contributed by atoms with E-state index in [1.165, 1.54) is 0 Å². The Morgan fingerprint density at radius 2 is 2.37 bits per heavy atom. The molecule has 1 amide bonds. The number of carbonyl (C=O) groups is 1. The van der Waals surface area contributed by atoms with Gasteiger partial charge < -0.3 is 20.1 Å². The summed E-state index contributed by atoms with van der Waals surface area (Å²) >= 11 is 0. The van der Waals surface area contributed by atoms with Crippen molar-refractivity contribution >= 4 is 5.91 Å². The van der Waals surface area contributed by atoms with E-state index in [0.717, 1.165) is 17.7 Å². The third-order valence-electron chi connectivity index (χ3n) is 3.17. The van der Waals surface area contributed by atoms with Crippen LogP contribution in [0.5, 0.6) is 5.75 Å². The van der Waals surface area contributed by atoms with Gasteiger partial charge in [-0.15, -0.1) is 0 Å². The van der Waals surface area contributed by atoms with Crippen LogP contribution in [0.2, 0.25) is 0 Å². The van der Waals surface area contributed by atoms with E-state index in [1.807, 2.05) is 12.1 Å². The molecule has 5 heteroatoms. The molecule has 0 saturated carbocycles. The summed E-state index contributed by atoms with van der Waals surface area (Å²) in [7, 11) is 3.35. The van der Waals surface area contributed by atoms with Crippen LogP contribution >= 0.6 is 0 Å². The maximum Gasteiger partial charge on any atom is 0.253 e. The Kier molecular flexibility index (Phi) is 4.39. The van der Waals surface area contributed by atoms with E-state index in [-0.39, 0.29) is 11.9 Å². The fraction of sp³-hybridized carbons (Fsp3) is 0.500. The van der Waals surface area contributed by atoms with Gasteiger partial charge in [0.1, 0.15) is 5.75 Å². The first kappa shape index (κ1) is 13.8. The van der Waals surface area contributed by atoms with Gasteiger partial charge in [0.15, 0.2) is 0 Å². The smallest absolute Gasteiger partial charge is 0.253 e. The van der Waals surface area contributed by atoms with E-state index >= 15 is 0 Å². The standard InChI is InChI=1S/C14H20N2O3/c1-16(8-12(15)9-18-2)14(17)11-3-4-13-10(7-11)5-6-19-13/h3-4,7,12H,5-6,8-9,15H2,1-2H3. The first-order chi connectivity index (χ1) is 9.11. The minimum Gasteiger partial charge on any atom is -0.493 e. The Balaban J connectivity index is 2.02. The molecule has 0 bridgehead atoms. The van der Waals surface area contributed by atoms with Crippen LogP contribution in [0.1, 0.15) is 15.9 Å². The molecule has 1 aliphatic rings. The summed E-state index contributed by atoms with van der Waals surface area (Å²) in [5.74, 6) is 0.858. The summed E-state index contributed by atoms with van der Waals surface area (Å²) in [6.07, 6.45) is 0.864. The second kappa shape index (κ2) is 6.04. The number of rotatable bonds is 5. The summed E-state index contributed by atoms with van der Waals surface area (Å²) in [6.45, 7) is 1.61. The highest BCUT2D eigenvalue weighted by Crippen LogP contribution is 2.26. The molecule has 5 nitrogen and oxygen atoms in total. The average molecular weight is 264 g/mol. The van der Waals surface area contributed by atoms with Crippen molar-refractivity contribution in [3.05, 3.63) is 29.3 Å². The van der Waals surface area contributed by atoms with Crippen molar-refractivity contribution in [3.8, 4) is 5.75 Å². The van der Waals surface area contributed by atoms with Gasteiger partial charge in [0, 0.05) is 38.7 Å². The van der Waals surface area contributed by atoms with Crippen molar-refractivity contribution in [3.63, 3.8) is 0 Å². The fourth-order valence-corrected chi connectivity index (χ4v) is 2.24. The van der Waals surface area contributed by atoms with Gasteiger partial charge in [-0.3, -0.25) is 4.79 Å². The highest BCUT2D eigenvalue weighted by atomic mass is 16.5. The zero-order chi connectivity index (χ0) is 13.8. The van der Waals surface area contributed by atoms with Crippen LogP contribution < -0.4 is 10.5 Å². The monoisotopic (exact) mass is 264 g/mol. The Labute approximate surface area is 113 Å². The molecule has 2 N–H and O–H groups in total. The van der Waals surface area contributed by atoms with E-state index in [9.17, 15) is 4.79 Å². The third kappa shape index (κ3) is 3.24. The molecule has 1 atom stereocenters. The maximum absolute atomic E-state index is 12.3. The van der Waals surface area contributed by atoms with Crippen LogP contribution in [0, 0.1) is 0 Å². The fourth-order valence-electron chi connectivity index (χ4n) is 2.24. The topological polar surface area (TPSA) is 64.8 Å². The SMILES string of the molecule is COCC(N)CN(C)C(=O)c1ccc2c(c1)CCO2. The zero-order valence-corrected chi connectivity index (χ0v) is 11.4. The van der Waals surface area contributed by atoms with Crippen molar-refractivity contribution in [2.45, 2.75) is 12.5 Å². The van der Waals surface area contributed by atoms with Crippen molar-refractivity contribution in [2.24, 2.45) is 5.73 Å². The molecule has 0 radical (unpaired) electrons. The van der Waals surface area contributed by atoms with E-state index < -0.39 is 0 Å². The average Bonchev–Trinajstić information content (AvgIpc) is 2.85. The van der Waals surface area contributed by atoms with E-state index in [2.05, 4.69) is 0 Å². The Morgan fingerprint density at radius 3 is 3.11 bits per heavy atom. The van der Waals surface area contributed by atoms with Gasteiger partial charge in [-0.2, -0.15) is 0 Å². The summed E-state index contributed by atoms with van der Waals surface area (Å²) in [5.41, 5.74) is 7.63. The van der Waals surface area contributed by atoms with Gasteiger partial charge in [0.25, 0.3) is 5.91 Å². The second-order valence-corrected chi connectivity index (χ2v) is 4.82. The van der Waals surface area contributed by atoms with Crippen LogP contribution in [0.25, 0.3) is 0 Å². The van der Waals surface area contributed by atoms with Crippen LogP contribution in [0.3, 0.4) is 0 Å². The predicted molar refractivity (Wildman–Crippen MR) is 72.5 cm³/mol. The highest BCUT2D eigenvalue weighted by molar-refractivity contribution is 5.94. The Bertz CT molecular complexity index is 462. The molecule has 19 heavy (non-hydrogen) atoms. The normalized spacial score (nSPS) is 14.7. The van der Waals surface area contributed by atoms with Crippen molar-refractivity contribution in [2.75, 3.05) is 33.9 Å². The first-order valence-electron chi connectivity index (χ1n) is 6.37. The minimum absolute atomic E-state index is 0.0266. The predicted octanol–water partition coefficient (Wildman–Crippen LogP) is 0.667.